The summed E-state index contributed by atoms with van der Waals surface area (Å²) in [6, 6.07) is 11.0. The quantitative estimate of drug-likeness (QED) is 0.552. The number of benzene rings is 1. The number of amides is 1. The fraction of sp³-hybridized carbons (Fsp3) is 0.125. The average Bonchev–Trinajstić information content (AvgIpc) is 2.55. The van der Waals surface area contributed by atoms with E-state index >= 15 is 0 Å². The molecule has 0 saturated carbocycles. The number of nitrogens with zero attached hydrogens (tertiary/aromatic N) is 2. The molecular weight excluding hydrogens is 296 g/mol. The molecule has 2 aromatic rings. The molecule has 0 atom stereocenters. The Kier molecular flexibility index (Phi) is 5.25. The van der Waals surface area contributed by atoms with Crippen LogP contribution in [0.3, 0.4) is 0 Å². The van der Waals surface area contributed by atoms with Crippen molar-refractivity contribution in [3.05, 3.63) is 48.3 Å². The monoisotopic (exact) mass is 310 g/mol. The van der Waals surface area contributed by atoms with Gasteiger partial charge in [0.25, 0.3) is 5.91 Å². The number of para-hydroxylation sites is 1. The number of pyridine rings is 1. The van der Waals surface area contributed by atoms with E-state index in [1.165, 1.54) is 6.20 Å². The van der Waals surface area contributed by atoms with E-state index in [9.17, 15) is 9.59 Å². The van der Waals surface area contributed by atoms with E-state index in [0.29, 0.717) is 5.69 Å². The zero-order chi connectivity index (χ0) is 16.7. The van der Waals surface area contributed by atoms with Crippen molar-refractivity contribution in [1.29, 1.82) is 5.26 Å². The smallest absolute Gasteiger partial charge is 0.305 e. The van der Waals surface area contributed by atoms with Crippen LogP contribution >= 0.6 is 0 Å². The molecule has 0 aliphatic rings. The SMILES string of the molecule is N#C/C(=C/Nc1cccc2cccnc12)C(=O)NCCC(=O)O. The fourth-order valence-electron chi connectivity index (χ4n) is 1.90. The van der Waals surface area contributed by atoms with Crippen LogP contribution in [0.15, 0.2) is 48.3 Å². The average molecular weight is 310 g/mol. The van der Waals surface area contributed by atoms with Crippen molar-refractivity contribution in [2.24, 2.45) is 0 Å². The first kappa shape index (κ1) is 16.0. The van der Waals surface area contributed by atoms with E-state index in [-0.39, 0.29) is 18.5 Å². The summed E-state index contributed by atoms with van der Waals surface area (Å²) < 4.78 is 0. The van der Waals surface area contributed by atoms with Crippen LogP contribution < -0.4 is 10.6 Å². The fourth-order valence-corrected chi connectivity index (χ4v) is 1.90. The Balaban J connectivity index is 2.11. The van der Waals surface area contributed by atoms with Crippen LogP contribution in [0.25, 0.3) is 10.9 Å². The molecule has 0 unspecified atom stereocenters. The van der Waals surface area contributed by atoms with Crippen LogP contribution in [0.2, 0.25) is 0 Å². The molecule has 1 aromatic heterocycles. The highest BCUT2D eigenvalue weighted by atomic mass is 16.4. The molecule has 0 bridgehead atoms. The number of carboxylic acid groups (broad SMARTS) is 1. The van der Waals surface area contributed by atoms with Crippen molar-refractivity contribution < 1.29 is 14.7 Å². The molecule has 1 aromatic carbocycles. The number of nitriles is 1. The highest BCUT2D eigenvalue weighted by molar-refractivity contribution is 5.98. The van der Waals surface area contributed by atoms with Gasteiger partial charge in [-0.05, 0) is 12.1 Å². The minimum Gasteiger partial charge on any atom is -0.481 e. The van der Waals surface area contributed by atoms with Gasteiger partial charge in [-0.15, -0.1) is 0 Å². The largest absolute Gasteiger partial charge is 0.481 e. The number of nitrogens with one attached hydrogen (secondary N) is 2. The van der Waals surface area contributed by atoms with E-state index in [0.717, 1.165) is 10.9 Å². The van der Waals surface area contributed by atoms with Gasteiger partial charge in [0.2, 0.25) is 0 Å². The Bertz CT molecular complexity index is 803. The molecule has 2 rings (SSSR count). The molecule has 3 N–H and O–H groups in total. The van der Waals surface area contributed by atoms with E-state index < -0.39 is 11.9 Å². The van der Waals surface area contributed by atoms with Gasteiger partial charge in [0.05, 0.1) is 17.6 Å². The van der Waals surface area contributed by atoms with Gasteiger partial charge in [0.1, 0.15) is 11.6 Å². The lowest BCUT2D eigenvalue weighted by molar-refractivity contribution is -0.136. The summed E-state index contributed by atoms with van der Waals surface area (Å²) in [6.45, 7) is -0.0387. The molecule has 0 aliphatic carbocycles. The maximum absolute atomic E-state index is 11.8. The maximum atomic E-state index is 11.8. The molecule has 0 fully saturated rings. The van der Waals surface area contributed by atoms with Gasteiger partial charge in [-0.1, -0.05) is 18.2 Å². The Morgan fingerprint density at radius 1 is 1.30 bits per heavy atom. The van der Waals surface area contributed by atoms with Crippen molar-refractivity contribution in [1.82, 2.24) is 10.3 Å². The van der Waals surface area contributed by atoms with Gasteiger partial charge >= 0.3 is 5.97 Å². The van der Waals surface area contributed by atoms with Crippen LogP contribution in [-0.4, -0.2) is 28.5 Å². The Morgan fingerprint density at radius 3 is 2.83 bits per heavy atom. The zero-order valence-corrected chi connectivity index (χ0v) is 12.1. The predicted octanol–water partition coefficient (Wildman–Crippen LogP) is 1.65. The second kappa shape index (κ2) is 7.56. The highest BCUT2D eigenvalue weighted by Crippen LogP contribution is 2.20. The van der Waals surface area contributed by atoms with Crippen LogP contribution in [0.1, 0.15) is 6.42 Å². The molecule has 0 aliphatic heterocycles. The summed E-state index contributed by atoms with van der Waals surface area (Å²) in [6.07, 6.45) is 2.73. The molecule has 0 radical (unpaired) electrons. The third kappa shape index (κ3) is 4.28. The molecule has 1 amide bonds. The number of aliphatic carboxylic acids is 1. The number of carbonyl (C=O) groups is 2. The van der Waals surface area contributed by atoms with Crippen molar-refractivity contribution in [3.63, 3.8) is 0 Å². The molecule has 7 heteroatoms. The van der Waals surface area contributed by atoms with Gasteiger partial charge in [-0.3, -0.25) is 14.6 Å². The van der Waals surface area contributed by atoms with E-state index in [1.54, 1.807) is 18.3 Å². The number of anilines is 1. The van der Waals surface area contributed by atoms with Crippen molar-refractivity contribution in [3.8, 4) is 6.07 Å². The minimum atomic E-state index is -1.02. The number of fused-ring (bicyclic) bond motifs is 1. The Labute approximate surface area is 132 Å². The van der Waals surface area contributed by atoms with Gasteiger partial charge in [0.15, 0.2) is 0 Å². The summed E-state index contributed by atoms with van der Waals surface area (Å²) in [7, 11) is 0. The molecular formula is C16H14N4O3. The molecule has 0 saturated heterocycles. The number of hydrogen-bond donors (Lipinski definition) is 3. The minimum absolute atomic E-state index is 0.0387. The lowest BCUT2D eigenvalue weighted by Crippen LogP contribution is -2.27. The highest BCUT2D eigenvalue weighted by Gasteiger charge is 2.09. The molecule has 0 spiro atoms. The van der Waals surface area contributed by atoms with Crippen LogP contribution in [0.5, 0.6) is 0 Å². The van der Waals surface area contributed by atoms with Crippen molar-refractivity contribution in [2.75, 3.05) is 11.9 Å². The van der Waals surface area contributed by atoms with Gasteiger partial charge in [-0.2, -0.15) is 5.26 Å². The first-order chi connectivity index (χ1) is 11.1. The topological polar surface area (TPSA) is 115 Å². The standard InChI is InChI=1S/C16H14N4O3/c17-9-12(16(23)19-8-6-14(21)22)10-20-13-5-1-3-11-4-2-7-18-15(11)13/h1-5,7,10,20H,6,8H2,(H,19,23)(H,21,22)/b12-10-. The number of carboxylic acids is 1. The number of hydrogen-bond acceptors (Lipinski definition) is 5. The number of rotatable bonds is 6. The lowest BCUT2D eigenvalue weighted by atomic mass is 10.2. The Morgan fingerprint density at radius 2 is 2.09 bits per heavy atom. The van der Waals surface area contributed by atoms with Crippen molar-refractivity contribution >= 4 is 28.5 Å². The van der Waals surface area contributed by atoms with Gasteiger partial charge < -0.3 is 15.7 Å². The summed E-state index contributed by atoms with van der Waals surface area (Å²) in [4.78, 5) is 26.5. The first-order valence-electron chi connectivity index (χ1n) is 6.82. The molecule has 1 heterocycles. The van der Waals surface area contributed by atoms with Crippen molar-refractivity contribution in [2.45, 2.75) is 6.42 Å². The van der Waals surface area contributed by atoms with Crippen LogP contribution in [0.4, 0.5) is 5.69 Å². The molecule has 116 valence electrons. The maximum Gasteiger partial charge on any atom is 0.305 e. The van der Waals surface area contributed by atoms with Crippen LogP contribution in [-0.2, 0) is 9.59 Å². The third-order valence-corrected chi connectivity index (χ3v) is 2.99. The third-order valence-electron chi connectivity index (χ3n) is 2.99. The second-order valence-corrected chi connectivity index (χ2v) is 4.59. The summed E-state index contributed by atoms with van der Waals surface area (Å²) >= 11 is 0. The predicted molar refractivity (Wildman–Crippen MR) is 84.3 cm³/mol. The lowest BCUT2D eigenvalue weighted by Gasteiger charge is -2.06. The second-order valence-electron chi connectivity index (χ2n) is 4.59. The summed E-state index contributed by atoms with van der Waals surface area (Å²) in [5.41, 5.74) is 1.23. The van der Waals surface area contributed by atoms with Gasteiger partial charge in [-0.25, -0.2) is 0 Å². The van der Waals surface area contributed by atoms with E-state index in [2.05, 4.69) is 15.6 Å². The summed E-state index contributed by atoms with van der Waals surface area (Å²) in [5.74, 6) is -1.65. The number of carbonyl (C=O) groups excluding carboxylic acids is 1. The van der Waals surface area contributed by atoms with E-state index in [4.69, 9.17) is 10.4 Å². The summed E-state index contributed by atoms with van der Waals surface area (Å²) in [5, 5.41) is 23.8. The van der Waals surface area contributed by atoms with Gasteiger partial charge in [0, 0.05) is 24.3 Å². The number of aromatic nitrogens is 1. The molecule has 23 heavy (non-hydrogen) atoms. The Hall–Kier alpha value is -3.40. The zero-order valence-electron chi connectivity index (χ0n) is 12.1. The van der Waals surface area contributed by atoms with E-state index in [1.807, 2.05) is 24.3 Å². The first-order valence-corrected chi connectivity index (χ1v) is 6.82. The molecule has 7 nitrogen and oxygen atoms in total. The van der Waals surface area contributed by atoms with Crippen LogP contribution in [0, 0.1) is 11.3 Å². The normalized spacial score (nSPS) is 10.8.